The number of hydrogen-bond donors (Lipinski definition) is 3. The van der Waals surface area contributed by atoms with E-state index in [9.17, 15) is 19.5 Å². The average molecular weight is 343 g/mol. The Hall–Kier alpha value is -3.29. The van der Waals surface area contributed by atoms with Crippen LogP contribution in [0.3, 0.4) is 0 Å². The zero-order valence-corrected chi connectivity index (χ0v) is 13.7. The van der Waals surface area contributed by atoms with Crippen molar-refractivity contribution in [2.75, 3.05) is 6.54 Å². The van der Waals surface area contributed by atoms with Crippen LogP contribution in [0.1, 0.15) is 30.2 Å². The van der Waals surface area contributed by atoms with Gasteiger partial charge in [0.1, 0.15) is 17.6 Å². The number of nitrogens with one attached hydrogen (secondary N) is 1. The quantitative estimate of drug-likeness (QED) is 0.662. The van der Waals surface area contributed by atoms with Crippen molar-refractivity contribution in [2.45, 2.75) is 19.9 Å². The Morgan fingerprint density at radius 3 is 2.52 bits per heavy atom. The van der Waals surface area contributed by atoms with Gasteiger partial charge in [-0.05, 0) is 26.0 Å². The summed E-state index contributed by atoms with van der Waals surface area (Å²) in [4.78, 5) is 35.8. The fourth-order valence-corrected chi connectivity index (χ4v) is 2.89. The van der Waals surface area contributed by atoms with E-state index >= 15 is 0 Å². The third-order valence-corrected chi connectivity index (χ3v) is 3.92. The molecule has 0 bridgehead atoms. The van der Waals surface area contributed by atoms with E-state index < -0.39 is 35.3 Å². The van der Waals surface area contributed by atoms with Gasteiger partial charge in [-0.15, -0.1) is 0 Å². The summed E-state index contributed by atoms with van der Waals surface area (Å²) in [7, 11) is 0. The Morgan fingerprint density at radius 2 is 1.88 bits per heavy atom. The van der Waals surface area contributed by atoms with Gasteiger partial charge in [-0.3, -0.25) is 14.4 Å². The largest absolute Gasteiger partial charge is 0.505 e. The molecule has 2 aromatic heterocycles. The highest BCUT2D eigenvalue weighted by molar-refractivity contribution is 6.01. The third kappa shape index (κ3) is 2.61. The molecular weight excluding hydrogens is 326 g/mol. The van der Waals surface area contributed by atoms with Crippen molar-refractivity contribution in [1.82, 2.24) is 14.5 Å². The first-order valence-electron chi connectivity index (χ1n) is 7.71. The zero-order chi connectivity index (χ0) is 18.3. The van der Waals surface area contributed by atoms with Gasteiger partial charge < -0.3 is 15.5 Å². The van der Waals surface area contributed by atoms with E-state index in [4.69, 9.17) is 5.11 Å². The number of hydrogen-bond acceptors (Lipinski definition) is 4. The SMILES string of the molecule is CC(C)n1c(=O)c(C(=O)NCC(=O)O)c(O)c2cc3ccccc3n21. The van der Waals surface area contributed by atoms with Crippen LogP contribution in [-0.2, 0) is 4.79 Å². The predicted octanol–water partition coefficient (Wildman–Crippen LogP) is 1.36. The molecule has 0 atom stereocenters. The van der Waals surface area contributed by atoms with Gasteiger partial charge in [0, 0.05) is 11.4 Å². The van der Waals surface area contributed by atoms with E-state index in [1.54, 1.807) is 24.4 Å². The molecule has 1 aromatic carbocycles. The van der Waals surface area contributed by atoms with Crippen LogP contribution in [0.25, 0.3) is 16.4 Å². The Balaban J connectivity index is 2.37. The van der Waals surface area contributed by atoms with Crippen LogP contribution in [0.15, 0.2) is 35.1 Å². The number of carbonyl (C=O) groups excluding carboxylic acids is 1. The molecule has 25 heavy (non-hydrogen) atoms. The van der Waals surface area contributed by atoms with E-state index in [-0.39, 0.29) is 6.04 Å². The van der Waals surface area contributed by atoms with Crippen molar-refractivity contribution in [2.24, 2.45) is 0 Å². The molecule has 0 saturated heterocycles. The van der Waals surface area contributed by atoms with Crippen LogP contribution in [0, 0.1) is 0 Å². The predicted molar refractivity (Wildman–Crippen MR) is 91.2 cm³/mol. The number of carboxylic acid groups (broad SMARTS) is 1. The lowest BCUT2D eigenvalue weighted by Crippen LogP contribution is -2.38. The van der Waals surface area contributed by atoms with E-state index in [2.05, 4.69) is 5.32 Å². The molecule has 0 unspecified atom stereocenters. The van der Waals surface area contributed by atoms with E-state index in [0.29, 0.717) is 5.52 Å². The molecule has 1 amide bonds. The smallest absolute Gasteiger partial charge is 0.322 e. The minimum Gasteiger partial charge on any atom is -0.505 e. The van der Waals surface area contributed by atoms with Gasteiger partial charge in [0.05, 0.1) is 5.52 Å². The summed E-state index contributed by atoms with van der Waals surface area (Å²) in [5.74, 6) is -2.64. The average Bonchev–Trinajstić information content (AvgIpc) is 2.92. The lowest BCUT2D eigenvalue weighted by Gasteiger charge is -2.17. The van der Waals surface area contributed by atoms with Crippen LogP contribution >= 0.6 is 0 Å². The van der Waals surface area contributed by atoms with Crippen LogP contribution in [0.5, 0.6) is 5.75 Å². The van der Waals surface area contributed by atoms with Crippen LogP contribution < -0.4 is 10.9 Å². The molecule has 0 aliphatic heterocycles. The lowest BCUT2D eigenvalue weighted by molar-refractivity contribution is -0.135. The first-order valence-corrected chi connectivity index (χ1v) is 7.71. The van der Waals surface area contributed by atoms with Gasteiger partial charge in [0.2, 0.25) is 0 Å². The molecule has 0 saturated carbocycles. The summed E-state index contributed by atoms with van der Waals surface area (Å²) in [5.41, 5.74) is -0.138. The number of aromatic nitrogens is 2. The molecule has 0 fully saturated rings. The van der Waals surface area contributed by atoms with Gasteiger partial charge >= 0.3 is 5.97 Å². The highest BCUT2D eigenvalue weighted by atomic mass is 16.4. The molecule has 3 N–H and O–H groups in total. The van der Waals surface area contributed by atoms with Crippen molar-refractivity contribution >= 4 is 28.3 Å². The number of carbonyl (C=O) groups is 2. The number of amides is 1. The normalized spacial score (nSPS) is 11.3. The highest BCUT2D eigenvalue weighted by Gasteiger charge is 2.25. The van der Waals surface area contributed by atoms with Gasteiger partial charge in [-0.1, -0.05) is 18.2 Å². The number of fused-ring (bicyclic) bond motifs is 3. The fraction of sp³-hybridized carbons (Fsp3) is 0.235. The second kappa shape index (κ2) is 5.97. The van der Waals surface area contributed by atoms with E-state index in [1.807, 2.05) is 24.3 Å². The monoisotopic (exact) mass is 343 g/mol. The maximum absolute atomic E-state index is 12.8. The molecule has 8 heteroatoms. The van der Waals surface area contributed by atoms with Gasteiger partial charge in [-0.25, -0.2) is 9.20 Å². The Bertz CT molecular complexity index is 1060. The number of benzene rings is 1. The van der Waals surface area contributed by atoms with Gasteiger partial charge in [0.25, 0.3) is 11.5 Å². The number of nitrogens with zero attached hydrogens (tertiary/aromatic N) is 2. The minimum atomic E-state index is -1.24. The maximum atomic E-state index is 12.8. The number of carboxylic acids is 1. The summed E-state index contributed by atoms with van der Waals surface area (Å²) in [6.07, 6.45) is 0. The standard InChI is InChI=1S/C17H17N3O5/c1-9(2)19-17(25)14(16(24)18-8-13(21)22)15(23)12-7-10-5-3-4-6-11(10)20(12)19/h3-7,9,23H,8H2,1-2H3,(H,18,24)(H,21,22). The fourth-order valence-electron chi connectivity index (χ4n) is 2.89. The van der Waals surface area contributed by atoms with Crippen molar-refractivity contribution < 1.29 is 19.8 Å². The second-order valence-electron chi connectivity index (χ2n) is 5.94. The second-order valence-corrected chi connectivity index (χ2v) is 5.94. The Labute approximate surface area is 141 Å². The molecule has 0 radical (unpaired) electrons. The van der Waals surface area contributed by atoms with Crippen LogP contribution in [0.2, 0.25) is 0 Å². The molecule has 0 aliphatic carbocycles. The van der Waals surface area contributed by atoms with Crippen LogP contribution in [-0.4, -0.2) is 37.8 Å². The zero-order valence-electron chi connectivity index (χ0n) is 13.7. The molecule has 3 aromatic rings. The molecule has 8 nitrogen and oxygen atoms in total. The first-order chi connectivity index (χ1) is 11.8. The highest BCUT2D eigenvalue weighted by Crippen LogP contribution is 2.28. The molecule has 0 aliphatic rings. The molecule has 2 heterocycles. The van der Waals surface area contributed by atoms with Crippen molar-refractivity contribution in [3.63, 3.8) is 0 Å². The van der Waals surface area contributed by atoms with E-state index in [1.165, 1.54) is 4.68 Å². The Kier molecular flexibility index (Phi) is 3.96. The minimum absolute atomic E-state index is 0.294. The molecule has 130 valence electrons. The number of rotatable bonds is 4. The molecular formula is C17H17N3O5. The number of para-hydroxylation sites is 1. The summed E-state index contributed by atoms with van der Waals surface area (Å²) in [6.45, 7) is 2.92. The number of aliphatic carboxylic acids is 1. The first kappa shape index (κ1) is 16.6. The van der Waals surface area contributed by atoms with Crippen molar-refractivity contribution in [3.05, 3.63) is 46.2 Å². The van der Waals surface area contributed by atoms with E-state index in [0.717, 1.165) is 10.9 Å². The van der Waals surface area contributed by atoms with Crippen LogP contribution in [0.4, 0.5) is 0 Å². The third-order valence-electron chi connectivity index (χ3n) is 3.92. The van der Waals surface area contributed by atoms with Crippen molar-refractivity contribution in [1.29, 1.82) is 0 Å². The lowest BCUT2D eigenvalue weighted by atomic mass is 10.2. The van der Waals surface area contributed by atoms with Gasteiger partial charge in [0.15, 0.2) is 5.75 Å². The van der Waals surface area contributed by atoms with Crippen molar-refractivity contribution in [3.8, 4) is 5.75 Å². The summed E-state index contributed by atoms with van der Waals surface area (Å²) in [5, 5.41) is 22.1. The Morgan fingerprint density at radius 1 is 1.20 bits per heavy atom. The summed E-state index contributed by atoms with van der Waals surface area (Å²) in [6, 6.07) is 8.67. The maximum Gasteiger partial charge on any atom is 0.322 e. The number of aromatic hydroxyl groups is 1. The molecule has 0 spiro atoms. The van der Waals surface area contributed by atoms with Gasteiger partial charge in [-0.2, -0.15) is 0 Å². The summed E-state index contributed by atoms with van der Waals surface area (Å²) >= 11 is 0. The molecule has 3 rings (SSSR count). The summed E-state index contributed by atoms with van der Waals surface area (Å²) < 4.78 is 2.94. The topological polar surface area (TPSA) is 113 Å².